The van der Waals surface area contributed by atoms with Crippen molar-refractivity contribution in [3.63, 3.8) is 0 Å². The quantitative estimate of drug-likeness (QED) is 0.774. The molecule has 1 amide bonds. The first kappa shape index (κ1) is 13.7. The standard InChI is InChI=1S/C9H8ClF3N2O2/c1-15(17-2)8(16)7-5(10)3-4-6(14-7)9(11,12)13/h3-4H,1-2H3. The maximum Gasteiger partial charge on any atom is 0.433 e. The second-order valence-corrected chi connectivity index (χ2v) is 3.42. The van der Waals surface area contributed by atoms with E-state index in [4.69, 9.17) is 11.6 Å². The Morgan fingerprint density at radius 2 is 2.06 bits per heavy atom. The molecule has 17 heavy (non-hydrogen) atoms. The Kier molecular flexibility index (Phi) is 3.94. The van der Waals surface area contributed by atoms with Crippen LogP contribution in [0.1, 0.15) is 16.2 Å². The lowest BCUT2D eigenvalue weighted by Gasteiger charge is -2.14. The molecule has 0 aliphatic rings. The van der Waals surface area contributed by atoms with Crippen LogP contribution in [0.3, 0.4) is 0 Å². The number of hydrogen-bond donors (Lipinski definition) is 0. The number of hydroxylamine groups is 2. The Morgan fingerprint density at radius 1 is 1.47 bits per heavy atom. The van der Waals surface area contributed by atoms with E-state index in [1.807, 2.05) is 0 Å². The maximum atomic E-state index is 12.4. The summed E-state index contributed by atoms with van der Waals surface area (Å²) >= 11 is 5.61. The minimum absolute atomic E-state index is 0.174. The highest BCUT2D eigenvalue weighted by Gasteiger charge is 2.34. The van der Waals surface area contributed by atoms with Gasteiger partial charge >= 0.3 is 6.18 Å². The Balaban J connectivity index is 3.20. The Labute approximate surface area is 99.9 Å². The molecule has 0 aromatic carbocycles. The lowest BCUT2D eigenvalue weighted by Crippen LogP contribution is -2.27. The second-order valence-electron chi connectivity index (χ2n) is 3.01. The summed E-state index contributed by atoms with van der Waals surface area (Å²) in [7, 11) is 2.43. The van der Waals surface area contributed by atoms with E-state index in [1.165, 1.54) is 14.2 Å². The zero-order chi connectivity index (χ0) is 13.2. The van der Waals surface area contributed by atoms with Gasteiger partial charge in [-0.1, -0.05) is 11.6 Å². The summed E-state index contributed by atoms with van der Waals surface area (Å²) in [5.41, 5.74) is -1.69. The molecule has 8 heteroatoms. The van der Waals surface area contributed by atoms with Crippen molar-refractivity contribution in [1.82, 2.24) is 10.0 Å². The van der Waals surface area contributed by atoms with Crippen molar-refractivity contribution >= 4 is 17.5 Å². The molecule has 0 atom stereocenters. The smallest absolute Gasteiger partial charge is 0.274 e. The predicted octanol–water partition coefficient (Wildman–Crippen LogP) is 2.39. The summed E-state index contributed by atoms with van der Waals surface area (Å²) in [5, 5.41) is 0.556. The molecular weight excluding hydrogens is 261 g/mol. The van der Waals surface area contributed by atoms with Gasteiger partial charge in [0.2, 0.25) is 0 Å². The zero-order valence-corrected chi connectivity index (χ0v) is 9.63. The van der Waals surface area contributed by atoms with E-state index in [0.29, 0.717) is 6.07 Å². The van der Waals surface area contributed by atoms with Gasteiger partial charge in [0.05, 0.1) is 12.1 Å². The molecule has 1 rings (SSSR count). The number of rotatable bonds is 2. The fourth-order valence-electron chi connectivity index (χ4n) is 0.982. The number of nitrogens with zero attached hydrogens (tertiary/aromatic N) is 2. The molecule has 0 aliphatic carbocycles. The molecule has 0 N–H and O–H groups in total. The summed E-state index contributed by atoms with van der Waals surface area (Å²) < 4.78 is 37.2. The van der Waals surface area contributed by atoms with Crippen LogP contribution in [0, 0.1) is 0 Å². The minimum Gasteiger partial charge on any atom is -0.274 e. The van der Waals surface area contributed by atoms with Crippen LogP contribution in [-0.2, 0) is 11.0 Å². The van der Waals surface area contributed by atoms with Crippen molar-refractivity contribution in [2.75, 3.05) is 14.2 Å². The number of alkyl halides is 3. The Hall–Kier alpha value is -1.34. The number of hydrogen-bond acceptors (Lipinski definition) is 3. The molecular formula is C9H8ClF3N2O2. The highest BCUT2D eigenvalue weighted by Crippen LogP contribution is 2.29. The van der Waals surface area contributed by atoms with Crippen molar-refractivity contribution in [3.05, 3.63) is 28.5 Å². The highest BCUT2D eigenvalue weighted by molar-refractivity contribution is 6.33. The van der Waals surface area contributed by atoms with Crippen molar-refractivity contribution in [3.8, 4) is 0 Å². The van der Waals surface area contributed by atoms with E-state index in [9.17, 15) is 18.0 Å². The summed E-state index contributed by atoms with van der Waals surface area (Å²) in [6.45, 7) is 0. The lowest BCUT2D eigenvalue weighted by atomic mass is 10.3. The maximum absolute atomic E-state index is 12.4. The molecule has 1 heterocycles. The molecule has 0 bridgehead atoms. The van der Waals surface area contributed by atoms with Gasteiger partial charge in [0.1, 0.15) is 11.4 Å². The van der Waals surface area contributed by atoms with Crippen LogP contribution >= 0.6 is 11.6 Å². The average Bonchev–Trinajstić information content (AvgIpc) is 2.26. The number of halogens is 4. The summed E-state index contributed by atoms with van der Waals surface area (Å²) in [5.74, 6) is -0.858. The van der Waals surface area contributed by atoms with Crippen molar-refractivity contribution in [2.24, 2.45) is 0 Å². The van der Waals surface area contributed by atoms with Crippen LogP contribution in [0.4, 0.5) is 13.2 Å². The van der Waals surface area contributed by atoms with Crippen molar-refractivity contribution < 1.29 is 22.8 Å². The normalized spacial score (nSPS) is 11.4. The van der Waals surface area contributed by atoms with E-state index in [0.717, 1.165) is 11.1 Å². The first-order valence-electron chi connectivity index (χ1n) is 4.33. The van der Waals surface area contributed by atoms with Crippen molar-refractivity contribution in [2.45, 2.75) is 6.18 Å². The number of pyridine rings is 1. The number of amides is 1. The highest BCUT2D eigenvalue weighted by atomic mass is 35.5. The van der Waals surface area contributed by atoms with E-state index in [2.05, 4.69) is 9.82 Å². The third kappa shape index (κ3) is 3.07. The van der Waals surface area contributed by atoms with Crippen LogP contribution in [-0.4, -0.2) is 30.1 Å². The first-order valence-corrected chi connectivity index (χ1v) is 4.71. The third-order valence-electron chi connectivity index (χ3n) is 1.90. The lowest BCUT2D eigenvalue weighted by molar-refractivity contribution is -0.141. The summed E-state index contributed by atoms with van der Waals surface area (Å²) in [6, 6.07) is 1.67. The molecule has 0 unspecified atom stereocenters. The fraction of sp³-hybridized carbons (Fsp3) is 0.333. The van der Waals surface area contributed by atoms with Gasteiger partial charge in [0.15, 0.2) is 0 Å². The predicted molar refractivity (Wildman–Crippen MR) is 53.4 cm³/mol. The fourth-order valence-corrected chi connectivity index (χ4v) is 1.17. The van der Waals surface area contributed by atoms with Gasteiger partial charge in [-0.15, -0.1) is 0 Å². The van der Waals surface area contributed by atoms with E-state index >= 15 is 0 Å². The molecule has 0 spiro atoms. The topological polar surface area (TPSA) is 42.4 Å². The Morgan fingerprint density at radius 3 is 2.53 bits per heavy atom. The SMILES string of the molecule is CON(C)C(=O)c1nc(C(F)(F)F)ccc1Cl. The van der Waals surface area contributed by atoms with Crippen molar-refractivity contribution in [1.29, 1.82) is 0 Å². The molecule has 1 aromatic rings. The third-order valence-corrected chi connectivity index (χ3v) is 2.20. The van der Waals surface area contributed by atoms with Gasteiger partial charge in [-0.25, -0.2) is 10.0 Å². The van der Waals surface area contributed by atoms with Gasteiger partial charge in [0.25, 0.3) is 5.91 Å². The molecule has 0 aliphatic heterocycles. The van der Waals surface area contributed by atoms with Crippen LogP contribution in [0.2, 0.25) is 5.02 Å². The number of carbonyl (C=O) groups is 1. The first-order chi connectivity index (χ1) is 7.77. The van der Waals surface area contributed by atoms with Gasteiger partial charge in [-0.3, -0.25) is 9.63 Å². The summed E-state index contributed by atoms with van der Waals surface area (Å²) in [6.07, 6.45) is -4.63. The molecule has 4 nitrogen and oxygen atoms in total. The number of aromatic nitrogens is 1. The van der Waals surface area contributed by atoms with Crippen LogP contribution in [0.5, 0.6) is 0 Å². The molecule has 0 radical (unpaired) electrons. The summed E-state index contributed by atoms with van der Waals surface area (Å²) in [4.78, 5) is 19.3. The minimum atomic E-state index is -4.63. The van der Waals surface area contributed by atoms with Gasteiger partial charge < -0.3 is 0 Å². The zero-order valence-electron chi connectivity index (χ0n) is 8.88. The molecule has 0 saturated heterocycles. The largest absolute Gasteiger partial charge is 0.433 e. The monoisotopic (exact) mass is 268 g/mol. The molecule has 0 fully saturated rings. The second kappa shape index (κ2) is 4.89. The molecule has 1 aromatic heterocycles. The number of carbonyl (C=O) groups excluding carboxylic acids is 1. The molecule has 0 saturated carbocycles. The molecule has 94 valence electrons. The van der Waals surface area contributed by atoms with Crippen LogP contribution in [0.15, 0.2) is 12.1 Å². The van der Waals surface area contributed by atoms with E-state index in [-0.39, 0.29) is 5.02 Å². The average molecular weight is 269 g/mol. The van der Waals surface area contributed by atoms with Gasteiger partial charge in [0, 0.05) is 7.05 Å². The van der Waals surface area contributed by atoms with Gasteiger partial charge in [-0.2, -0.15) is 13.2 Å². The van der Waals surface area contributed by atoms with E-state index < -0.39 is 23.5 Å². The van der Waals surface area contributed by atoms with Crippen LogP contribution in [0.25, 0.3) is 0 Å². The van der Waals surface area contributed by atoms with E-state index in [1.54, 1.807) is 0 Å². The Bertz CT molecular complexity index is 437. The van der Waals surface area contributed by atoms with Crippen LogP contribution < -0.4 is 0 Å². The van der Waals surface area contributed by atoms with Gasteiger partial charge in [-0.05, 0) is 12.1 Å².